The molecule has 0 atom stereocenters. The fourth-order valence-electron chi connectivity index (χ4n) is 3.35. The summed E-state index contributed by atoms with van der Waals surface area (Å²) in [5.41, 5.74) is 3.88. The van der Waals surface area contributed by atoms with E-state index in [0.29, 0.717) is 11.5 Å². The van der Waals surface area contributed by atoms with E-state index in [1.165, 1.54) is 6.33 Å². The highest BCUT2D eigenvalue weighted by atomic mass is 16.5. The number of rotatable bonds is 7. The van der Waals surface area contributed by atoms with E-state index in [-0.39, 0.29) is 0 Å². The molecular formula is C27H28N2O5. The Bertz CT molecular complexity index is 1180. The molecule has 0 amide bonds. The number of aromatic nitrogens is 2. The van der Waals surface area contributed by atoms with Crippen molar-refractivity contribution in [2.75, 3.05) is 35.5 Å². The van der Waals surface area contributed by atoms with Crippen molar-refractivity contribution in [2.24, 2.45) is 0 Å². The second-order valence-electron chi connectivity index (χ2n) is 6.97. The zero-order valence-electron chi connectivity index (χ0n) is 19.9. The van der Waals surface area contributed by atoms with Crippen molar-refractivity contribution in [2.45, 2.75) is 0 Å². The van der Waals surface area contributed by atoms with E-state index < -0.39 is 0 Å². The van der Waals surface area contributed by atoms with Crippen molar-refractivity contribution in [3.05, 3.63) is 79.4 Å². The van der Waals surface area contributed by atoms with Crippen LogP contribution in [0.3, 0.4) is 0 Å². The Morgan fingerprint density at radius 3 is 1.68 bits per heavy atom. The Balaban J connectivity index is 0.000000192. The molecule has 1 aromatic heterocycles. The predicted octanol–water partition coefficient (Wildman–Crippen LogP) is 5.54. The number of nitrogens with zero attached hydrogens (tertiary/aromatic N) is 2. The highest BCUT2D eigenvalue weighted by Gasteiger charge is 2.13. The lowest BCUT2D eigenvalue weighted by Gasteiger charge is -2.14. The first-order valence-corrected chi connectivity index (χ1v) is 10.5. The van der Waals surface area contributed by atoms with E-state index in [0.717, 1.165) is 39.5 Å². The largest absolute Gasteiger partial charge is 0.497 e. The van der Waals surface area contributed by atoms with E-state index in [1.54, 1.807) is 47.9 Å². The molecule has 7 nitrogen and oxygen atoms in total. The van der Waals surface area contributed by atoms with Gasteiger partial charge in [0.15, 0.2) is 11.5 Å². The molecule has 0 unspecified atom stereocenters. The summed E-state index contributed by atoms with van der Waals surface area (Å²) in [5, 5.41) is 0. The monoisotopic (exact) mass is 460 g/mol. The van der Waals surface area contributed by atoms with Crippen molar-refractivity contribution in [1.29, 1.82) is 0 Å². The third kappa shape index (κ3) is 5.75. The molecule has 34 heavy (non-hydrogen) atoms. The predicted molar refractivity (Wildman–Crippen MR) is 132 cm³/mol. The Hall–Kier alpha value is -4.26. The number of benzene rings is 3. The maximum atomic E-state index is 5.41. The van der Waals surface area contributed by atoms with Gasteiger partial charge in [-0.3, -0.25) is 0 Å². The van der Waals surface area contributed by atoms with Gasteiger partial charge in [0.25, 0.3) is 0 Å². The number of methoxy groups -OCH3 is 5. The second kappa shape index (κ2) is 12.1. The molecule has 1 heterocycles. The summed E-state index contributed by atoms with van der Waals surface area (Å²) in [6.45, 7) is 0. The van der Waals surface area contributed by atoms with Crippen molar-refractivity contribution in [3.8, 4) is 51.0 Å². The number of hydrogen-bond acceptors (Lipinski definition) is 7. The summed E-state index contributed by atoms with van der Waals surface area (Å²) in [7, 11) is 8.15. The van der Waals surface area contributed by atoms with Crippen molar-refractivity contribution < 1.29 is 23.7 Å². The van der Waals surface area contributed by atoms with Gasteiger partial charge < -0.3 is 23.7 Å². The van der Waals surface area contributed by atoms with Crippen LogP contribution in [0.15, 0.2) is 79.4 Å². The van der Waals surface area contributed by atoms with E-state index in [4.69, 9.17) is 23.7 Å². The summed E-state index contributed by atoms with van der Waals surface area (Å²) >= 11 is 0. The summed E-state index contributed by atoms with van der Waals surface area (Å²) in [6.07, 6.45) is 4.98. The lowest BCUT2D eigenvalue weighted by molar-refractivity contribution is 0.349. The Labute approximate surface area is 199 Å². The van der Waals surface area contributed by atoms with Gasteiger partial charge in [0.2, 0.25) is 0 Å². The summed E-state index contributed by atoms with van der Waals surface area (Å²) in [6, 6.07) is 19.4. The minimum atomic E-state index is 0.661. The standard InChI is InChI=1S/C15H16O3.C12H12N2O2/c1-16-13-10-15(18-3)14(17-2)9-12(13)11-7-5-4-6-8-11;1-15-10-3-4-12(16-2)11(5-10)9-6-13-8-14-7-9/h4-10H,1-3H3;3-8H,1-2H3. The van der Waals surface area contributed by atoms with Gasteiger partial charge in [-0.2, -0.15) is 0 Å². The first kappa shape index (κ1) is 24.4. The van der Waals surface area contributed by atoms with Crippen molar-refractivity contribution in [1.82, 2.24) is 9.97 Å². The van der Waals surface area contributed by atoms with Crippen LogP contribution in [0.2, 0.25) is 0 Å². The second-order valence-corrected chi connectivity index (χ2v) is 6.97. The van der Waals surface area contributed by atoms with Gasteiger partial charge >= 0.3 is 0 Å². The van der Waals surface area contributed by atoms with Crippen LogP contribution in [0.25, 0.3) is 22.3 Å². The van der Waals surface area contributed by atoms with Gasteiger partial charge in [0, 0.05) is 35.2 Å². The Morgan fingerprint density at radius 1 is 0.500 bits per heavy atom. The fourth-order valence-corrected chi connectivity index (χ4v) is 3.35. The van der Waals surface area contributed by atoms with Crippen LogP contribution in [0.5, 0.6) is 28.7 Å². The van der Waals surface area contributed by atoms with E-state index in [2.05, 4.69) is 9.97 Å². The molecule has 3 aromatic carbocycles. The van der Waals surface area contributed by atoms with Crippen molar-refractivity contribution >= 4 is 0 Å². The molecule has 4 aromatic rings. The van der Waals surface area contributed by atoms with Gasteiger partial charge in [0.05, 0.1) is 35.5 Å². The molecule has 176 valence electrons. The van der Waals surface area contributed by atoms with Crippen LogP contribution in [0, 0.1) is 0 Å². The molecule has 0 fully saturated rings. The smallest absolute Gasteiger partial charge is 0.164 e. The third-order valence-corrected chi connectivity index (χ3v) is 5.07. The summed E-state index contributed by atoms with van der Waals surface area (Å²) in [4.78, 5) is 7.97. The first-order chi connectivity index (χ1) is 16.6. The number of hydrogen-bond donors (Lipinski definition) is 0. The lowest BCUT2D eigenvalue weighted by atomic mass is 10.0. The highest BCUT2D eigenvalue weighted by Crippen LogP contribution is 2.39. The molecule has 0 aliphatic rings. The Kier molecular flexibility index (Phi) is 8.68. The molecule has 0 aliphatic heterocycles. The first-order valence-electron chi connectivity index (χ1n) is 10.5. The molecule has 0 saturated heterocycles. The van der Waals surface area contributed by atoms with Crippen LogP contribution >= 0.6 is 0 Å². The molecule has 0 spiro atoms. The minimum absolute atomic E-state index is 0.661. The van der Waals surface area contributed by atoms with Crippen molar-refractivity contribution in [3.63, 3.8) is 0 Å². The van der Waals surface area contributed by atoms with Crippen LogP contribution in [0.1, 0.15) is 0 Å². The average molecular weight is 461 g/mol. The third-order valence-electron chi connectivity index (χ3n) is 5.07. The molecule has 0 N–H and O–H groups in total. The van der Waals surface area contributed by atoms with Gasteiger partial charge in [-0.1, -0.05) is 30.3 Å². The summed E-state index contributed by atoms with van der Waals surface area (Å²) < 4.78 is 26.5. The normalized spacial score (nSPS) is 9.91. The van der Waals surface area contributed by atoms with Gasteiger partial charge in [0.1, 0.15) is 23.6 Å². The van der Waals surface area contributed by atoms with Crippen LogP contribution < -0.4 is 23.7 Å². The lowest BCUT2D eigenvalue weighted by Crippen LogP contribution is -1.94. The highest BCUT2D eigenvalue weighted by molar-refractivity contribution is 5.74. The summed E-state index contributed by atoms with van der Waals surface area (Å²) in [5.74, 6) is 3.67. The maximum Gasteiger partial charge on any atom is 0.164 e. The van der Waals surface area contributed by atoms with Crippen LogP contribution in [-0.4, -0.2) is 45.5 Å². The topological polar surface area (TPSA) is 71.9 Å². The van der Waals surface area contributed by atoms with E-state index in [1.807, 2.05) is 60.7 Å². The fraction of sp³-hybridized carbons (Fsp3) is 0.185. The molecule has 7 heteroatoms. The van der Waals surface area contributed by atoms with Crippen LogP contribution in [0.4, 0.5) is 0 Å². The molecule has 0 aliphatic carbocycles. The maximum absolute atomic E-state index is 5.41. The van der Waals surface area contributed by atoms with Gasteiger partial charge in [-0.15, -0.1) is 0 Å². The molecule has 0 bridgehead atoms. The SMILES string of the molecule is COc1cc(OC)c(-c2ccccc2)cc1OC.COc1ccc(OC)c(-c2cncnc2)c1. The zero-order chi connectivity index (χ0) is 24.3. The molecule has 0 saturated carbocycles. The Morgan fingerprint density at radius 2 is 1.09 bits per heavy atom. The molecular weight excluding hydrogens is 432 g/mol. The average Bonchev–Trinajstić information content (AvgIpc) is 2.93. The van der Waals surface area contributed by atoms with E-state index in [9.17, 15) is 0 Å². The zero-order valence-corrected chi connectivity index (χ0v) is 19.9. The van der Waals surface area contributed by atoms with E-state index >= 15 is 0 Å². The van der Waals surface area contributed by atoms with Gasteiger partial charge in [-0.05, 0) is 29.8 Å². The van der Waals surface area contributed by atoms with Crippen LogP contribution in [-0.2, 0) is 0 Å². The minimum Gasteiger partial charge on any atom is -0.497 e. The molecule has 4 rings (SSSR count). The van der Waals surface area contributed by atoms with Gasteiger partial charge in [-0.25, -0.2) is 9.97 Å². The quantitative estimate of drug-likeness (QED) is 0.358. The number of ether oxygens (including phenoxy) is 5. The molecule has 0 radical (unpaired) electrons.